The van der Waals surface area contributed by atoms with Crippen LogP contribution in [0.5, 0.6) is 0 Å². The van der Waals surface area contributed by atoms with Gasteiger partial charge < -0.3 is 19.9 Å². The first-order valence-corrected chi connectivity index (χ1v) is 6.40. The minimum atomic E-state index is -0.764. The molecule has 0 aliphatic rings. The van der Waals surface area contributed by atoms with E-state index in [0.29, 0.717) is 13.2 Å². The van der Waals surface area contributed by atoms with E-state index in [1.165, 1.54) is 0 Å². The van der Waals surface area contributed by atoms with Crippen molar-refractivity contribution in [1.82, 2.24) is 5.32 Å². The van der Waals surface area contributed by atoms with Crippen molar-refractivity contribution in [3.63, 3.8) is 0 Å². The van der Waals surface area contributed by atoms with Gasteiger partial charge in [-0.3, -0.25) is 0 Å². The molecule has 17 heavy (non-hydrogen) atoms. The monoisotopic (exact) mass is 247 g/mol. The molecule has 0 radical (unpaired) electrons. The molecule has 104 valence electrons. The maximum Gasteiger partial charge on any atom is 0.0824 e. The Bertz CT molecular complexity index is 188. The zero-order valence-electron chi connectivity index (χ0n) is 12.0. The van der Waals surface area contributed by atoms with Crippen molar-refractivity contribution in [2.24, 2.45) is 0 Å². The molecule has 0 rings (SSSR count). The fraction of sp³-hybridized carbons (Fsp3) is 1.00. The van der Waals surface area contributed by atoms with Crippen LogP contribution in [0.1, 0.15) is 41.0 Å². The van der Waals surface area contributed by atoms with E-state index >= 15 is 0 Å². The largest absolute Gasteiger partial charge is 0.388 e. The topological polar surface area (TPSA) is 50.7 Å². The van der Waals surface area contributed by atoms with Gasteiger partial charge in [-0.2, -0.15) is 0 Å². The first kappa shape index (κ1) is 16.8. The lowest BCUT2D eigenvalue weighted by molar-refractivity contribution is -0.0352. The van der Waals surface area contributed by atoms with Gasteiger partial charge in [0.1, 0.15) is 0 Å². The molecular weight excluding hydrogens is 218 g/mol. The summed E-state index contributed by atoms with van der Waals surface area (Å²) in [5.41, 5.74) is -0.860. The highest BCUT2D eigenvalue weighted by Gasteiger charge is 2.19. The molecule has 2 N–H and O–H groups in total. The Kier molecular flexibility index (Phi) is 7.96. The van der Waals surface area contributed by atoms with Gasteiger partial charge in [-0.05, 0) is 34.1 Å². The molecule has 0 bridgehead atoms. The van der Waals surface area contributed by atoms with Gasteiger partial charge in [0.2, 0.25) is 0 Å². The third-order valence-electron chi connectivity index (χ3n) is 2.12. The van der Waals surface area contributed by atoms with Gasteiger partial charge in [0.15, 0.2) is 0 Å². The van der Waals surface area contributed by atoms with Crippen molar-refractivity contribution in [2.75, 3.05) is 33.0 Å². The van der Waals surface area contributed by atoms with Crippen LogP contribution >= 0.6 is 0 Å². The molecule has 4 heteroatoms. The number of ether oxygens (including phenoxy) is 2. The molecule has 0 heterocycles. The summed E-state index contributed by atoms with van der Waals surface area (Å²) >= 11 is 0. The summed E-state index contributed by atoms with van der Waals surface area (Å²) in [4.78, 5) is 0. The summed E-state index contributed by atoms with van der Waals surface area (Å²) in [5.74, 6) is 0. The van der Waals surface area contributed by atoms with E-state index in [9.17, 15) is 5.11 Å². The lowest BCUT2D eigenvalue weighted by atomic mass is 10.1. The van der Waals surface area contributed by atoms with Crippen LogP contribution in [0.3, 0.4) is 0 Å². The van der Waals surface area contributed by atoms with Crippen LogP contribution in [-0.4, -0.2) is 49.2 Å². The molecule has 0 saturated heterocycles. The number of hydrogen-bond acceptors (Lipinski definition) is 4. The van der Waals surface area contributed by atoms with E-state index in [0.717, 1.165) is 26.2 Å². The molecule has 4 nitrogen and oxygen atoms in total. The zero-order valence-corrected chi connectivity index (χ0v) is 12.0. The lowest BCUT2D eigenvalue weighted by Gasteiger charge is -2.28. The molecule has 0 aromatic rings. The molecule has 0 aliphatic carbocycles. The van der Waals surface area contributed by atoms with Crippen LogP contribution in [0.25, 0.3) is 0 Å². The summed E-state index contributed by atoms with van der Waals surface area (Å²) in [6.45, 7) is 13.0. The van der Waals surface area contributed by atoms with Crippen LogP contribution in [-0.2, 0) is 9.47 Å². The maximum atomic E-state index is 9.52. The van der Waals surface area contributed by atoms with E-state index in [-0.39, 0.29) is 5.54 Å². The van der Waals surface area contributed by atoms with Gasteiger partial charge >= 0.3 is 0 Å². The Morgan fingerprint density at radius 1 is 1.00 bits per heavy atom. The molecule has 0 unspecified atom stereocenters. The molecule has 0 spiro atoms. The molecule has 0 amide bonds. The van der Waals surface area contributed by atoms with Crippen LogP contribution in [0, 0.1) is 0 Å². The first-order valence-electron chi connectivity index (χ1n) is 6.40. The van der Waals surface area contributed by atoms with E-state index in [4.69, 9.17) is 9.47 Å². The minimum absolute atomic E-state index is 0.0964. The number of rotatable bonds is 10. The second-order valence-electron chi connectivity index (χ2n) is 5.73. The van der Waals surface area contributed by atoms with Crippen molar-refractivity contribution in [2.45, 2.75) is 52.2 Å². The second kappa shape index (κ2) is 8.03. The fourth-order valence-electron chi connectivity index (χ4n) is 1.31. The second-order valence-corrected chi connectivity index (χ2v) is 5.73. The van der Waals surface area contributed by atoms with Crippen LogP contribution < -0.4 is 5.32 Å². The predicted molar refractivity (Wildman–Crippen MR) is 70.3 cm³/mol. The van der Waals surface area contributed by atoms with Crippen molar-refractivity contribution in [3.05, 3.63) is 0 Å². The standard InChI is InChI=1S/C13H29NO3/c1-6-8-16-9-7-14-12(2,3)10-17-11-13(4,5)15/h14-15H,6-11H2,1-5H3. The van der Waals surface area contributed by atoms with Crippen molar-refractivity contribution >= 4 is 0 Å². The maximum absolute atomic E-state index is 9.52. The third kappa shape index (κ3) is 12.1. The summed E-state index contributed by atoms with van der Waals surface area (Å²) < 4.78 is 10.9. The Morgan fingerprint density at radius 3 is 2.18 bits per heavy atom. The minimum Gasteiger partial charge on any atom is -0.388 e. The summed E-state index contributed by atoms with van der Waals surface area (Å²) in [7, 11) is 0. The van der Waals surface area contributed by atoms with Gasteiger partial charge in [0.25, 0.3) is 0 Å². The molecule has 0 atom stereocenters. The Hall–Kier alpha value is -0.160. The van der Waals surface area contributed by atoms with Crippen LogP contribution in [0.4, 0.5) is 0 Å². The zero-order chi connectivity index (χ0) is 13.4. The molecule has 0 aromatic carbocycles. The highest BCUT2D eigenvalue weighted by atomic mass is 16.5. The first-order chi connectivity index (χ1) is 7.77. The Morgan fingerprint density at radius 2 is 1.65 bits per heavy atom. The smallest absolute Gasteiger partial charge is 0.0824 e. The van der Waals surface area contributed by atoms with E-state index < -0.39 is 5.60 Å². The van der Waals surface area contributed by atoms with Gasteiger partial charge in [-0.25, -0.2) is 0 Å². The van der Waals surface area contributed by atoms with Crippen molar-refractivity contribution in [3.8, 4) is 0 Å². The molecule has 0 aliphatic heterocycles. The van der Waals surface area contributed by atoms with Crippen LogP contribution in [0.2, 0.25) is 0 Å². The molecule has 0 aromatic heterocycles. The molecule has 0 fully saturated rings. The summed E-state index contributed by atoms with van der Waals surface area (Å²) in [5, 5.41) is 12.9. The normalized spacial score (nSPS) is 13.1. The number of nitrogens with one attached hydrogen (secondary N) is 1. The average molecular weight is 247 g/mol. The molecule has 0 saturated carbocycles. The molecular formula is C13H29NO3. The number of aliphatic hydroxyl groups is 1. The van der Waals surface area contributed by atoms with Crippen LogP contribution in [0.15, 0.2) is 0 Å². The van der Waals surface area contributed by atoms with Crippen molar-refractivity contribution < 1.29 is 14.6 Å². The third-order valence-corrected chi connectivity index (χ3v) is 2.12. The lowest BCUT2D eigenvalue weighted by Crippen LogP contribution is -2.46. The summed E-state index contributed by atoms with van der Waals surface area (Å²) in [6.07, 6.45) is 1.05. The van der Waals surface area contributed by atoms with Gasteiger partial charge in [0.05, 0.1) is 25.4 Å². The fourth-order valence-corrected chi connectivity index (χ4v) is 1.31. The number of hydrogen-bond donors (Lipinski definition) is 2. The SMILES string of the molecule is CCCOCCNC(C)(C)COCC(C)(C)O. The van der Waals surface area contributed by atoms with Gasteiger partial charge in [-0.15, -0.1) is 0 Å². The van der Waals surface area contributed by atoms with Gasteiger partial charge in [-0.1, -0.05) is 6.92 Å². The van der Waals surface area contributed by atoms with E-state index in [1.54, 1.807) is 13.8 Å². The van der Waals surface area contributed by atoms with E-state index in [1.807, 2.05) is 0 Å². The van der Waals surface area contributed by atoms with Gasteiger partial charge in [0, 0.05) is 18.7 Å². The highest BCUT2D eigenvalue weighted by Crippen LogP contribution is 2.06. The van der Waals surface area contributed by atoms with E-state index in [2.05, 4.69) is 26.1 Å². The Labute approximate surface area is 106 Å². The quantitative estimate of drug-likeness (QED) is 0.575. The Balaban J connectivity index is 3.58. The summed E-state index contributed by atoms with van der Waals surface area (Å²) in [6, 6.07) is 0. The predicted octanol–water partition coefficient (Wildman–Crippen LogP) is 1.57. The average Bonchev–Trinajstić information content (AvgIpc) is 2.14. The highest BCUT2D eigenvalue weighted by molar-refractivity contribution is 4.77. The van der Waals surface area contributed by atoms with Crippen molar-refractivity contribution in [1.29, 1.82) is 0 Å².